The van der Waals surface area contributed by atoms with Gasteiger partial charge in [0.1, 0.15) is 5.75 Å². The van der Waals surface area contributed by atoms with Gasteiger partial charge in [-0.25, -0.2) is 0 Å². The van der Waals surface area contributed by atoms with E-state index in [0.29, 0.717) is 5.92 Å². The second-order valence-electron chi connectivity index (χ2n) is 5.56. The number of hydrogen-bond acceptors (Lipinski definition) is 2. The molecule has 0 unspecified atom stereocenters. The molecule has 1 aliphatic carbocycles. The van der Waals surface area contributed by atoms with Crippen molar-refractivity contribution in [3.63, 3.8) is 0 Å². The van der Waals surface area contributed by atoms with Crippen LogP contribution in [0.15, 0.2) is 24.4 Å². The molecule has 0 amide bonds. The Morgan fingerprint density at radius 1 is 1.16 bits per heavy atom. The van der Waals surface area contributed by atoms with Crippen molar-refractivity contribution in [2.45, 2.75) is 44.9 Å². The third-order valence-corrected chi connectivity index (χ3v) is 4.38. The number of benzene rings is 1. The molecule has 0 aliphatic heterocycles. The highest BCUT2D eigenvalue weighted by Crippen LogP contribution is 2.35. The number of hydrogen-bond donors (Lipinski definition) is 0. The van der Waals surface area contributed by atoms with Gasteiger partial charge in [0.15, 0.2) is 0 Å². The van der Waals surface area contributed by atoms with E-state index in [1.54, 1.807) is 7.11 Å². The van der Waals surface area contributed by atoms with Crippen molar-refractivity contribution in [2.24, 2.45) is 0 Å². The number of ether oxygens (including phenoxy) is 1. The zero-order valence-corrected chi connectivity index (χ0v) is 11.8. The SMILES string of the molecule is COc1ccc2cnc(C3CCCCC3)c(C)c2c1. The van der Waals surface area contributed by atoms with Crippen molar-refractivity contribution in [2.75, 3.05) is 7.11 Å². The predicted octanol–water partition coefficient (Wildman–Crippen LogP) is 4.60. The number of methoxy groups -OCH3 is 1. The zero-order valence-electron chi connectivity index (χ0n) is 11.8. The largest absolute Gasteiger partial charge is 0.497 e. The van der Waals surface area contributed by atoms with E-state index < -0.39 is 0 Å². The van der Waals surface area contributed by atoms with E-state index in [0.717, 1.165) is 5.75 Å². The van der Waals surface area contributed by atoms with Crippen LogP contribution in [-0.2, 0) is 0 Å². The summed E-state index contributed by atoms with van der Waals surface area (Å²) in [5, 5.41) is 2.49. The maximum absolute atomic E-state index is 5.34. The van der Waals surface area contributed by atoms with Crippen LogP contribution in [0.5, 0.6) is 5.75 Å². The molecule has 1 aromatic heterocycles. The minimum absolute atomic E-state index is 0.657. The van der Waals surface area contributed by atoms with Crippen LogP contribution >= 0.6 is 0 Å². The van der Waals surface area contributed by atoms with Crippen molar-refractivity contribution in [1.29, 1.82) is 0 Å². The van der Waals surface area contributed by atoms with Gasteiger partial charge in [0.25, 0.3) is 0 Å². The lowest BCUT2D eigenvalue weighted by Crippen LogP contribution is -2.08. The lowest BCUT2D eigenvalue weighted by atomic mass is 9.84. The Morgan fingerprint density at radius 2 is 1.95 bits per heavy atom. The fourth-order valence-electron chi connectivity index (χ4n) is 3.26. The topological polar surface area (TPSA) is 22.1 Å². The maximum atomic E-state index is 5.34. The molecule has 0 radical (unpaired) electrons. The highest BCUT2D eigenvalue weighted by Gasteiger charge is 2.19. The fraction of sp³-hybridized carbons (Fsp3) is 0.471. The zero-order chi connectivity index (χ0) is 13.2. The summed E-state index contributed by atoms with van der Waals surface area (Å²) in [5.74, 6) is 1.58. The summed E-state index contributed by atoms with van der Waals surface area (Å²) in [5.41, 5.74) is 2.64. The smallest absolute Gasteiger partial charge is 0.119 e. The van der Waals surface area contributed by atoms with Crippen molar-refractivity contribution >= 4 is 10.8 Å². The number of aromatic nitrogens is 1. The van der Waals surface area contributed by atoms with Crippen LogP contribution in [0, 0.1) is 6.92 Å². The molecule has 2 aromatic rings. The number of pyridine rings is 1. The molecule has 0 bridgehead atoms. The maximum Gasteiger partial charge on any atom is 0.119 e. The molecule has 1 aromatic carbocycles. The molecule has 1 heterocycles. The Hall–Kier alpha value is -1.57. The minimum atomic E-state index is 0.657. The molecular formula is C17H21NO. The predicted molar refractivity (Wildman–Crippen MR) is 78.9 cm³/mol. The van der Waals surface area contributed by atoms with E-state index in [1.165, 1.54) is 54.1 Å². The molecule has 0 N–H and O–H groups in total. The summed E-state index contributed by atoms with van der Waals surface area (Å²) in [6.45, 7) is 2.21. The third-order valence-electron chi connectivity index (χ3n) is 4.38. The quantitative estimate of drug-likeness (QED) is 0.782. The normalized spacial score (nSPS) is 16.7. The van der Waals surface area contributed by atoms with Crippen LogP contribution < -0.4 is 4.74 Å². The molecule has 1 fully saturated rings. The summed E-state index contributed by atoms with van der Waals surface area (Å²) in [4.78, 5) is 4.74. The van der Waals surface area contributed by atoms with Gasteiger partial charge in [-0.05, 0) is 48.9 Å². The van der Waals surface area contributed by atoms with E-state index in [9.17, 15) is 0 Å². The molecule has 0 spiro atoms. The van der Waals surface area contributed by atoms with Crippen LogP contribution in [0.25, 0.3) is 10.8 Å². The van der Waals surface area contributed by atoms with Crippen molar-refractivity contribution in [3.8, 4) is 5.75 Å². The lowest BCUT2D eigenvalue weighted by molar-refractivity contribution is 0.415. The van der Waals surface area contributed by atoms with Gasteiger partial charge >= 0.3 is 0 Å². The first-order chi connectivity index (χ1) is 9.29. The standard InChI is InChI=1S/C17H21NO/c1-12-16-10-15(19-2)9-8-14(16)11-18-17(12)13-6-4-3-5-7-13/h8-11,13H,3-7H2,1-2H3. The lowest BCUT2D eigenvalue weighted by Gasteiger charge is -2.23. The van der Waals surface area contributed by atoms with Gasteiger partial charge in [0.05, 0.1) is 7.11 Å². The van der Waals surface area contributed by atoms with Crippen LogP contribution in [0.2, 0.25) is 0 Å². The van der Waals surface area contributed by atoms with Crippen LogP contribution in [-0.4, -0.2) is 12.1 Å². The third kappa shape index (κ3) is 2.32. The molecule has 0 saturated heterocycles. The summed E-state index contributed by atoms with van der Waals surface area (Å²) >= 11 is 0. The molecule has 2 heteroatoms. The fourth-order valence-corrected chi connectivity index (χ4v) is 3.26. The first kappa shape index (κ1) is 12.5. The Bertz CT molecular complexity index is 585. The molecule has 1 saturated carbocycles. The highest BCUT2D eigenvalue weighted by atomic mass is 16.5. The van der Waals surface area contributed by atoms with Gasteiger partial charge < -0.3 is 4.74 Å². The summed E-state index contributed by atoms with van der Waals surface area (Å²) in [6, 6.07) is 6.24. The van der Waals surface area contributed by atoms with Crippen LogP contribution in [0.1, 0.15) is 49.3 Å². The molecule has 0 atom stereocenters. The average Bonchev–Trinajstić information content (AvgIpc) is 2.48. The highest BCUT2D eigenvalue weighted by molar-refractivity contribution is 5.86. The van der Waals surface area contributed by atoms with Crippen LogP contribution in [0.3, 0.4) is 0 Å². The monoisotopic (exact) mass is 255 g/mol. The Labute approximate surface area is 114 Å². The second kappa shape index (κ2) is 5.20. The van der Waals surface area contributed by atoms with E-state index in [4.69, 9.17) is 9.72 Å². The van der Waals surface area contributed by atoms with E-state index >= 15 is 0 Å². The summed E-state index contributed by atoms with van der Waals surface area (Å²) in [6.07, 6.45) is 8.69. The van der Waals surface area contributed by atoms with Gasteiger partial charge in [-0.2, -0.15) is 0 Å². The van der Waals surface area contributed by atoms with Crippen LogP contribution in [0.4, 0.5) is 0 Å². The number of fused-ring (bicyclic) bond motifs is 1. The molecule has 2 nitrogen and oxygen atoms in total. The molecule has 19 heavy (non-hydrogen) atoms. The van der Waals surface area contributed by atoms with Crippen molar-refractivity contribution in [1.82, 2.24) is 4.98 Å². The Balaban J connectivity index is 2.07. The molecule has 3 rings (SSSR count). The van der Waals surface area contributed by atoms with Crippen molar-refractivity contribution in [3.05, 3.63) is 35.7 Å². The summed E-state index contributed by atoms with van der Waals surface area (Å²) < 4.78 is 5.34. The van der Waals surface area contributed by atoms with Gasteiger partial charge in [0.2, 0.25) is 0 Å². The number of rotatable bonds is 2. The molecular weight excluding hydrogens is 234 g/mol. The first-order valence-corrected chi connectivity index (χ1v) is 7.23. The van der Waals surface area contributed by atoms with E-state index in [-0.39, 0.29) is 0 Å². The van der Waals surface area contributed by atoms with Crippen molar-refractivity contribution < 1.29 is 4.74 Å². The van der Waals surface area contributed by atoms with Gasteiger partial charge in [-0.15, -0.1) is 0 Å². The first-order valence-electron chi connectivity index (χ1n) is 7.23. The molecule has 1 aliphatic rings. The number of nitrogens with zero attached hydrogens (tertiary/aromatic N) is 1. The number of aryl methyl sites for hydroxylation is 1. The van der Waals surface area contributed by atoms with Gasteiger partial charge in [-0.3, -0.25) is 4.98 Å². The second-order valence-corrected chi connectivity index (χ2v) is 5.56. The molecule has 100 valence electrons. The van der Waals surface area contributed by atoms with E-state index in [1.807, 2.05) is 12.3 Å². The Morgan fingerprint density at radius 3 is 2.68 bits per heavy atom. The van der Waals surface area contributed by atoms with Gasteiger partial charge in [-0.1, -0.05) is 19.3 Å². The average molecular weight is 255 g/mol. The minimum Gasteiger partial charge on any atom is -0.497 e. The summed E-state index contributed by atoms with van der Waals surface area (Å²) in [7, 11) is 1.72. The van der Waals surface area contributed by atoms with E-state index in [2.05, 4.69) is 19.1 Å². The Kier molecular flexibility index (Phi) is 3.41. The van der Waals surface area contributed by atoms with Gasteiger partial charge in [0, 0.05) is 23.2 Å².